The zero-order chi connectivity index (χ0) is 17.2. The van der Waals surface area contributed by atoms with Crippen molar-refractivity contribution in [2.45, 2.75) is 18.9 Å². The molecule has 1 aliphatic heterocycles. The molecule has 5 heteroatoms. The topological polar surface area (TPSA) is 58.4 Å². The molecular weight excluding hydrogens is 314 g/mol. The van der Waals surface area contributed by atoms with Crippen LogP contribution < -0.4 is 5.32 Å². The van der Waals surface area contributed by atoms with Crippen LogP contribution in [0.2, 0.25) is 0 Å². The van der Waals surface area contributed by atoms with Gasteiger partial charge in [0.1, 0.15) is 5.69 Å². The van der Waals surface area contributed by atoms with Crippen LogP contribution in [-0.4, -0.2) is 42.0 Å². The molecule has 1 unspecified atom stereocenters. The maximum atomic E-state index is 13.3. The van der Waals surface area contributed by atoms with Crippen LogP contribution in [0.25, 0.3) is 22.4 Å². The molecule has 1 aromatic carbocycles. The quantitative estimate of drug-likeness (QED) is 0.795. The van der Waals surface area contributed by atoms with Crippen molar-refractivity contribution in [3.63, 3.8) is 0 Å². The van der Waals surface area contributed by atoms with Gasteiger partial charge < -0.3 is 14.6 Å². The molecule has 1 N–H and O–H groups in total. The van der Waals surface area contributed by atoms with Crippen molar-refractivity contribution in [1.29, 1.82) is 0 Å². The Labute approximate surface area is 146 Å². The largest absolute Gasteiger partial charge is 0.463 e. The Kier molecular flexibility index (Phi) is 4.24. The number of hydrogen-bond donors (Lipinski definition) is 1. The summed E-state index contributed by atoms with van der Waals surface area (Å²) in [6, 6.07) is 13.6. The highest BCUT2D eigenvalue weighted by Gasteiger charge is 2.30. The fourth-order valence-corrected chi connectivity index (χ4v) is 3.61. The van der Waals surface area contributed by atoms with Gasteiger partial charge in [0.05, 0.1) is 17.3 Å². The van der Waals surface area contributed by atoms with Crippen LogP contribution in [0, 0.1) is 0 Å². The van der Waals surface area contributed by atoms with E-state index in [4.69, 9.17) is 4.42 Å². The monoisotopic (exact) mass is 335 g/mol. The Morgan fingerprint density at radius 1 is 1.32 bits per heavy atom. The lowest BCUT2D eigenvalue weighted by Gasteiger charge is -2.25. The van der Waals surface area contributed by atoms with Crippen molar-refractivity contribution in [1.82, 2.24) is 15.2 Å². The van der Waals surface area contributed by atoms with E-state index in [1.165, 1.54) is 0 Å². The molecule has 1 saturated heterocycles. The van der Waals surface area contributed by atoms with Crippen LogP contribution in [0.3, 0.4) is 0 Å². The molecule has 0 radical (unpaired) electrons. The van der Waals surface area contributed by atoms with Gasteiger partial charge in [-0.05, 0) is 44.2 Å². The highest BCUT2D eigenvalue weighted by Crippen LogP contribution is 2.28. The lowest BCUT2D eigenvalue weighted by atomic mass is 10.0. The number of fused-ring (bicyclic) bond motifs is 1. The van der Waals surface area contributed by atoms with E-state index in [2.05, 4.69) is 10.3 Å². The van der Waals surface area contributed by atoms with E-state index in [0.717, 1.165) is 36.8 Å². The van der Waals surface area contributed by atoms with Gasteiger partial charge in [-0.2, -0.15) is 0 Å². The number of benzene rings is 1. The Morgan fingerprint density at radius 2 is 2.20 bits per heavy atom. The van der Waals surface area contributed by atoms with Crippen molar-refractivity contribution < 1.29 is 9.21 Å². The summed E-state index contributed by atoms with van der Waals surface area (Å²) in [7, 11) is 1.93. The van der Waals surface area contributed by atoms with Crippen molar-refractivity contribution in [2.75, 3.05) is 20.1 Å². The van der Waals surface area contributed by atoms with Crippen molar-refractivity contribution >= 4 is 16.8 Å². The minimum Gasteiger partial charge on any atom is -0.463 e. The number of hydrogen-bond acceptors (Lipinski definition) is 4. The van der Waals surface area contributed by atoms with Crippen LogP contribution in [0.5, 0.6) is 0 Å². The second kappa shape index (κ2) is 6.69. The molecule has 4 rings (SSSR count). The molecule has 1 aliphatic rings. The van der Waals surface area contributed by atoms with E-state index in [9.17, 15) is 4.79 Å². The number of nitrogens with one attached hydrogen (secondary N) is 1. The number of carbonyl (C=O) groups excluding carboxylic acids is 1. The van der Waals surface area contributed by atoms with E-state index in [1.54, 1.807) is 6.26 Å². The minimum absolute atomic E-state index is 0.0733. The normalized spacial score (nSPS) is 17.3. The van der Waals surface area contributed by atoms with E-state index in [-0.39, 0.29) is 11.9 Å². The molecule has 0 spiro atoms. The van der Waals surface area contributed by atoms with Gasteiger partial charge in [-0.15, -0.1) is 0 Å². The third kappa shape index (κ3) is 2.91. The predicted molar refractivity (Wildman–Crippen MR) is 97.4 cm³/mol. The SMILES string of the molecule is CNCC1CCCN1C(=O)c1cc(-c2ccco2)nc2ccccc12. The summed E-state index contributed by atoms with van der Waals surface area (Å²) in [6.45, 7) is 1.62. The Balaban J connectivity index is 1.81. The van der Waals surface area contributed by atoms with E-state index in [1.807, 2.05) is 54.4 Å². The Morgan fingerprint density at radius 3 is 3.00 bits per heavy atom. The summed E-state index contributed by atoms with van der Waals surface area (Å²) in [5, 5.41) is 4.08. The smallest absolute Gasteiger partial charge is 0.254 e. The van der Waals surface area contributed by atoms with E-state index < -0.39 is 0 Å². The van der Waals surface area contributed by atoms with E-state index in [0.29, 0.717) is 17.0 Å². The molecule has 0 saturated carbocycles. The first-order valence-corrected chi connectivity index (χ1v) is 8.67. The van der Waals surface area contributed by atoms with Gasteiger partial charge in [-0.3, -0.25) is 4.79 Å². The number of amides is 1. The van der Waals surface area contributed by atoms with Gasteiger partial charge in [0, 0.05) is 24.5 Å². The molecule has 3 aromatic rings. The minimum atomic E-state index is 0.0733. The van der Waals surface area contributed by atoms with Crippen LogP contribution >= 0.6 is 0 Å². The van der Waals surface area contributed by atoms with Gasteiger partial charge in [-0.25, -0.2) is 4.98 Å². The third-order valence-corrected chi connectivity index (χ3v) is 4.80. The molecule has 25 heavy (non-hydrogen) atoms. The molecular formula is C20H21N3O2. The van der Waals surface area contributed by atoms with Gasteiger partial charge in [-0.1, -0.05) is 18.2 Å². The summed E-state index contributed by atoms with van der Waals surface area (Å²) in [5.41, 5.74) is 2.19. The van der Waals surface area contributed by atoms with Crippen LogP contribution in [0.4, 0.5) is 0 Å². The molecule has 0 bridgehead atoms. The first kappa shape index (κ1) is 15.8. The van der Waals surface area contributed by atoms with Gasteiger partial charge in [0.15, 0.2) is 5.76 Å². The summed E-state index contributed by atoms with van der Waals surface area (Å²) in [6.07, 6.45) is 3.71. The molecule has 1 amide bonds. The van der Waals surface area contributed by atoms with E-state index >= 15 is 0 Å². The standard InChI is InChI=1S/C20H21N3O2/c1-21-13-14-6-4-10-23(14)20(24)16-12-18(19-9-5-11-25-19)22-17-8-3-2-7-15(16)17/h2-3,5,7-9,11-12,14,21H,4,6,10,13H2,1H3. The van der Waals surface area contributed by atoms with Crippen molar-refractivity contribution in [3.05, 3.63) is 54.3 Å². The zero-order valence-corrected chi connectivity index (χ0v) is 14.2. The van der Waals surface area contributed by atoms with Gasteiger partial charge in [0.2, 0.25) is 0 Å². The number of likely N-dealkylation sites (N-methyl/N-ethyl adjacent to an activating group) is 1. The maximum absolute atomic E-state index is 13.3. The maximum Gasteiger partial charge on any atom is 0.254 e. The Hall–Kier alpha value is -2.66. The fourth-order valence-electron chi connectivity index (χ4n) is 3.61. The second-order valence-corrected chi connectivity index (χ2v) is 6.40. The molecule has 2 aromatic heterocycles. The molecule has 3 heterocycles. The summed E-state index contributed by atoms with van der Waals surface area (Å²) in [5.74, 6) is 0.747. The Bertz CT molecular complexity index is 889. The highest BCUT2D eigenvalue weighted by atomic mass is 16.3. The molecule has 1 fully saturated rings. The number of nitrogens with zero attached hydrogens (tertiary/aromatic N) is 2. The van der Waals surface area contributed by atoms with Gasteiger partial charge >= 0.3 is 0 Å². The first-order chi connectivity index (χ1) is 12.3. The lowest BCUT2D eigenvalue weighted by molar-refractivity contribution is 0.0739. The number of aromatic nitrogens is 1. The first-order valence-electron chi connectivity index (χ1n) is 8.67. The molecule has 128 valence electrons. The number of furan rings is 1. The summed E-state index contributed by atoms with van der Waals surface area (Å²) in [4.78, 5) is 20.0. The number of rotatable bonds is 4. The predicted octanol–water partition coefficient (Wildman–Crippen LogP) is 3.32. The summed E-state index contributed by atoms with van der Waals surface area (Å²) >= 11 is 0. The number of para-hydroxylation sites is 1. The van der Waals surface area contributed by atoms with Gasteiger partial charge in [0.25, 0.3) is 5.91 Å². The third-order valence-electron chi connectivity index (χ3n) is 4.80. The number of pyridine rings is 1. The molecule has 1 atom stereocenters. The van der Waals surface area contributed by atoms with Crippen LogP contribution in [0.1, 0.15) is 23.2 Å². The molecule has 5 nitrogen and oxygen atoms in total. The van der Waals surface area contributed by atoms with Crippen LogP contribution in [-0.2, 0) is 0 Å². The number of likely N-dealkylation sites (tertiary alicyclic amines) is 1. The number of carbonyl (C=O) groups is 1. The second-order valence-electron chi connectivity index (χ2n) is 6.40. The lowest BCUT2D eigenvalue weighted by Crippen LogP contribution is -2.40. The average molecular weight is 335 g/mol. The zero-order valence-electron chi connectivity index (χ0n) is 14.2. The summed E-state index contributed by atoms with van der Waals surface area (Å²) < 4.78 is 5.49. The van der Waals surface area contributed by atoms with Crippen molar-refractivity contribution in [2.24, 2.45) is 0 Å². The van der Waals surface area contributed by atoms with Crippen LogP contribution in [0.15, 0.2) is 53.1 Å². The van der Waals surface area contributed by atoms with Crippen molar-refractivity contribution in [3.8, 4) is 11.5 Å². The fraction of sp³-hybridized carbons (Fsp3) is 0.300. The molecule has 0 aliphatic carbocycles. The average Bonchev–Trinajstić information content (AvgIpc) is 3.32. The highest BCUT2D eigenvalue weighted by molar-refractivity contribution is 6.07.